The number of benzene rings is 1. The molecule has 1 aliphatic heterocycles. The van der Waals surface area contributed by atoms with E-state index in [1.165, 1.54) is 6.07 Å². The van der Waals surface area contributed by atoms with Gasteiger partial charge in [0.2, 0.25) is 0 Å². The van der Waals surface area contributed by atoms with Crippen LogP contribution in [0.5, 0.6) is 0 Å². The van der Waals surface area contributed by atoms with Crippen molar-refractivity contribution in [2.75, 3.05) is 25.5 Å². The highest BCUT2D eigenvalue weighted by Gasteiger charge is 2.39. The average Bonchev–Trinajstić information content (AvgIpc) is 2.44. The summed E-state index contributed by atoms with van der Waals surface area (Å²) < 4.78 is 18.9. The molecule has 0 saturated carbocycles. The second-order valence-corrected chi connectivity index (χ2v) is 4.81. The van der Waals surface area contributed by atoms with Crippen molar-refractivity contribution in [3.05, 3.63) is 29.6 Å². The Balaban J connectivity index is 0.00000200. The Hall–Kier alpha value is -1.17. The van der Waals surface area contributed by atoms with Crippen LogP contribution in [0.15, 0.2) is 18.2 Å². The van der Waals surface area contributed by atoms with Gasteiger partial charge in [0.25, 0.3) is 5.91 Å². The van der Waals surface area contributed by atoms with Gasteiger partial charge in [-0.05, 0) is 45.0 Å². The normalized spacial score (nSPS) is 17.1. The van der Waals surface area contributed by atoms with E-state index in [-0.39, 0.29) is 24.1 Å². The van der Waals surface area contributed by atoms with E-state index in [1.807, 2.05) is 0 Å². The maximum Gasteiger partial charge on any atom is 0.256 e. The number of carbonyl (C=O) groups excluding carboxylic acids is 1. The number of nitrogens with one attached hydrogen (secondary N) is 2. The molecule has 0 aliphatic carbocycles. The molecule has 1 aliphatic rings. The first-order chi connectivity index (χ1) is 9.09. The van der Waals surface area contributed by atoms with Crippen molar-refractivity contribution in [3.8, 4) is 0 Å². The molecule has 0 unspecified atom stereocenters. The molecule has 1 fully saturated rings. The van der Waals surface area contributed by atoms with E-state index >= 15 is 0 Å². The molecule has 1 saturated heterocycles. The van der Waals surface area contributed by atoms with Crippen LogP contribution < -0.4 is 10.6 Å². The van der Waals surface area contributed by atoms with Gasteiger partial charge in [-0.2, -0.15) is 0 Å². The first kappa shape index (κ1) is 16.9. The van der Waals surface area contributed by atoms with Crippen molar-refractivity contribution in [3.63, 3.8) is 0 Å². The lowest BCUT2D eigenvalue weighted by Crippen LogP contribution is -2.51. The van der Waals surface area contributed by atoms with E-state index in [4.69, 9.17) is 4.74 Å². The van der Waals surface area contributed by atoms with Gasteiger partial charge in [0.05, 0.1) is 0 Å². The molecule has 4 nitrogen and oxygen atoms in total. The number of amides is 1. The summed E-state index contributed by atoms with van der Waals surface area (Å²) in [5.74, 6) is -0.528. The number of methoxy groups -OCH3 is 1. The third-order valence-electron chi connectivity index (χ3n) is 3.73. The fraction of sp³-hybridized carbons (Fsp3) is 0.500. The molecule has 0 bridgehead atoms. The van der Waals surface area contributed by atoms with E-state index in [1.54, 1.807) is 26.2 Å². The summed E-state index contributed by atoms with van der Waals surface area (Å²) in [6.45, 7) is 3.12. The molecule has 1 heterocycles. The summed E-state index contributed by atoms with van der Waals surface area (Å²) in [7, 11) is 1.54. The number of hydrogen-bond donors (Lipinski definition) is 2. The molecule has 0 radical (unpaired) electrons. The Morgan fingerprint density at radius 3 is 2.65 bits per heavy atom. The molecule has 1 aromatic carbocycles. The fourth-order valence-electron chi connectivity index (χ4n) is 2.33. The van der Waals surface area contributed by atoms with Gasteiger partial charge in [-0.1, -0.05) is 6.07 Å². The monoisotopic (exact) mass is 302 g/mol. The smallest absolute Gasteiger partial charge is 0.256 e. The molecular formula is C14H20ClFN2O2. The third kappa shape index (κ3) is 3.29. The maximum atomic E-state index is 13.5. The van der Waals surface area contributed by atoms with Crippen LogP contribution >= 0.6 is 12.4 Å². The summed E-state index contributed by atoms with van der Waals surface area (Å²) >= 11 is 0. The Bertz CT molecular complexity index is 476. The number of halogens is 2. The van der Waals surface area contributed by atoms with Crippen molar-refractivity contribution in [1.29, 1.82) is 0 Å². The van der Waals surface area contributed by atoms with Crippen LogP contribution in [0.1, 0.15) is 18.4 Å². The van der Waals surface area contributed by atoms with Crippen LogP contribution in [-0.4, -0.2) is 31.7 Å². The summed E-state index contributed by atoms with van der Waals surface area (Å²) in [5.41, 5.74) is 0.125. The van der Waals surface area contributed by atoms with Crippen LogP contribution in [0.3, 0.4) is 0 Å². The van der Waals surface area contributed by atoms with Gasteiger partial charge in [0, 0.05) is 18.4 Å². The Kier molecular flexibility index (Phi) is 5.92. The second-order valence-electron chi connectivity index (χ2n) is 4.81. The van der Waals surface area contributed by atoms with Crippen LogP contribution in [-0.2, 0) is 9.53 Å². The summed E-state index contributed by atoms with van der Waals surface area (Å²) in [6, 6.07) is 4.65. The lowest BCUT2D eigenvalue weighted by molar-refractivity contribution is -0.140. The number of piperidine rings is 1. The van der Waals surface area contributed by atoms with Gasteiger partial charge < -0.3 is 15.4 Å². The molecule has 2 rings (SSSR count). The minimum atomic E-state index is -0.815. The number of ether oxygens (including phenoxy) is 1. The third-order valence-corrected chi connectivity index (χ3v) is 3.73. The van der Waals surface area contributed by atoms with Crippen LogP contribution in [0, 0.1) is 12.7 Å². The topological polar surface area (TPSA) is 50.4 Å². The average molecular weight is 303 g/mol. The van der Waals surface area contributed by atoms with Crippen LogP contribution in [0.25, 0.3) is 0 Å². The van der Waals surface area contributed by atoms with E-state index in [2.05, 4.69) is 10.6 Å². The van der Waals surface area contributed by atoms with Gasteiger partial charge in [-0.25, -0.2) is 4.39 Å². The minimum absolute atomic E-state index is 0. The molecule has 112 valence electrons. The lowest BCUT2D eigenvalue weighted by atomic mass is 9.91. The summed E-state index contributed by atoms with van der Waals surface area (Å²) in [4.78, 5) is 12.4. The molecule has 0 spiro atoms. The maximum absolute atomic E-state index is 13.5. The molecular weight excluding hydrogens is 283 g/mol. The largest absolute Gasteiger partial charge is 0.368 e. The van der Waals surface area contributed by atoms with Crippen LogP contribution in [0.2, 0.25) is 0 Å². The van der Waals surface area contributed by atoms with Crippen LogP contribution in [0.4, 0.5) is 10.1 Å². The zero-order valence-corrected chi connectivity index (χ0v) is 12.5. The Labute approximate surface area is 124 Å². The zero-order chi connectivity index (χ0) is 13.9. The predicted molar refractivity (Wildman–Crippen MR) is 78.9 cm³/mol. The minimum Gasteiger partial charge on any atom is -0.368 e. The van der Waals surface area contributed by atoms with E-state index < -0.39 is 5.60 Å². The molecule has 0 aromatic heterocycles. The van der Waals surface area contributed by atoms with Crippen molar-refractivity contribution >= 4 is 24.0 Å². The lowest BCUT2D eigenvalue weighted by Gasteiger charge is -2.34. The standard InChI is InChI=1S/C14H19FN2O2.ClH/c1-10-11(15)4-3-5-12(10)17-13(18)14(19-2)6-8-16-9-7-14;/h3-5,16H,6-9H2,1-2H3,(H,17,18);1H. The Morgan fingerprint density at radius 2 is 2.05 bits per heavy atom. The van der Waals surface area contributed by atoms with Crippen molar-refractivity contribution in [2.45, 2.75) is 25.4 Å². The van der Waals surface area contributed by atoms with E-state index in [0.29, 0.717) is 24.1 Å². The number of hydrogen-bond acceptors (Lipinski definition) is 3. The number of carbonyl (C=O) groups is 1. The molecule has 1 amide bonds. The van der Waals surface area contributed by atoms with Gasteiger partial charge >= 0.3 is 0 Å². The second kappa shape index (κ2) is 7.02. The first-order valence-corrected chi connectivity index (χ1v) is 6.41. The number of rotatable bonds is 3. The first-order valence-electron chi connectivity index (χ1n) is 6.41. The zero-order valence-electron chi connectivity index (χ0n) is 11.7. The van der Waals surface area contributed by atoms with Gasteiger partial charge in [-0.3, -0.25) is 4.79 Å². The van der Waals surface area contributed by atoms with E-state index in [0.717, 1.165) is 13.1 Å². The van der Waals surface area contributed by atoms with Crippen molar-refractivity contribution in [2.24, 2.45) is 0 Å². The summed E-state index contributed by atoms with van der Waals surface area (Å²) in [6.07, 6.45) is 1.23. The van der Waals surface area contributed by atoms with Crippen molar-refractivity contribution in [1.82, 2.24) is 5.32 Å². The number of anilines is 1. The Morgan fingerprint density at radius 1 is 1.40 bits per heavy atom. The molecule has 20 heavy (non-hydrogen) atoms. The van der Waals surface area contributed by atoms with E-state index in [9.17, 15) is 9.18 Å². The molecule has 1 aromatic rings. The van der Waals surface area contributed by atoms with Crippen molar-refractivity contribution < 1.29 is 13.9 Å². The summed E-state index contributed by atoms with van der Waals surface area (Å²) in [5, 5.41) is 5.97. The highest BCUT2D eigenvalue weighted by molar-refractivity contribution is 5.98. The predicted octanol–water partition coefficient (Wildman–Crippen LogP) is 2.26. The van der Waals surface area contributed by atoms with Gasteiger partial charge in [0.15, 0.2) is 0 Å². The SMILES string of the molecule is COC1(C(=O)Nc2cccc(F)c2C)CCNCC1.Cl. The highest BCUT2D eigenvalue weighted by Crippen LogP contribution is 2.26. The molecule has 0 atom stereocenters. The quantitative estimate of drug-likeness (QED) is 0.900. The molecule has 2 N–H and O–H groups in total. The highest BCUT2D eigenvalue weighted by atomic mass is 35.5. The van der Waals surface area contributed by atoms with Gasteiger partial charge in [-0.15, -0.1) is 12.4 Å². The van der Waals surface area contributed by atoms with Gasteiger partial charge in [0.1, 0.15) is 11.4 Å². The fourth-order valence-corrected chi connectivity index (χ4v) is 2.33. The molecule has 6 heteroatoms.